The van der Waals surface area contributed by atoms with Gasteiger partial charge in [-0.05, 0) is 104 Å². The molecule has 0 fully saturated rings. The summed E-state index contributed by atoms with van der Waals surface area (Å²) in [5.41, 5.74) is 13.2. The molecule has 0 bridgehead atoms. The second-order valence-corrected chi connectivity index (χ2v) is 38.0. The molecular formula is C106H174N25O7+. The Bertz CT molecular complexity index is 4700. The minimum atomic E-state index is 0.339. The molecule has 0 spiro atoms. The van der Waals surface area contributed by atoms with Gasteiger partial charge in [-0.1, -0.05) is 232 Å². The first-order chi connectivity index (χ1) is 64.9. The molecule has 0 amide bonds. The highest BCUT2D eigenvalue weighted by Crippen LogP contribution is 2.21. The number of aromatic amines is 4. The van der Waals surface area contributed by atoms with Crippen molar-refractivity contribution in [2.75, 3.05) is 0 Å². The number of oxazole rings is 4. The highest BCUT2D eigenvalue weighted by Gasteiger charge is 2.15. The molecule has 16 aromatic heterocycles. The SMILES string of the molecule is CC(C)c1cccn1C.CC(C)c1ccn(C)n1.CC(C)c1ccn[nH]1.CC(C)c1ccnn1C.CC(C)c1ccno1.CC(C)c1cnc[nH]1.CC(C)c1cnco1.CC(C)c1cnn(C)c1.CC(C)c1cocn1.CC(C)c1ncc[nH]1.CC(C)c1nccn1C.CC(C)c1ncco1.Cc1cc(C(C)C)[n+](C)[nH]1.Cc1cc(C(C)C)no1.Cc1ncoc1C(C)C.Cc1nnc(C(C)C)o1. The standard InChI is InChI=1S/C8H14N2.C8H13N.4C7H12N2.2C7H11NO.C6H10N2O.3C6H10N2.4C6H9NO/c1-6(2)8-5-7(3)9-10(8)4;1-7(2)8-5-4-6-9(8)3;1-6(2)7-4-8-9(3)5-7;1-6(2)7-8-4-5-9(7)3;1-6(2)7-4-5-9(3)8-7;1-6(2)7-4-5-8-9(7)3;1-5(2)7-6(3)8-4-9-7;1-5(2)7-4-6(3)9-8-7;1-4(2)6-8-7-5(3)9-6;1-5(2)6-3-7-4-8-6;1-5(2)6-7-3-4-8-6;1-5(2)6-3-4-7-8-6;1-5(2)6-3-8-4-7-6;1-5(2)6-3-7-4-8-6;1-5(2)6-7-3-4-8-6;1-5(2)6-3-4-7-8-6/h5-6H,1-4H3;4-7H,1-3H3;4*4-6H,1-3H3;2*4-5H,1-3H3;4H,1-3H3;3*3-5H,1-2H3,(H,7,8);4*3-5H,1-2H3/p+1. The fraction of sp³-hybridized carbons (Fsp3) is 0.547. The van der Waals surface area contributed by atoms with Crippen molar-refractivity contribution in [3.63, 3.8) is 0 Å². The van der Waals surface area contributed by atoms with Gasteiger partial charge in [-0.15, -0.1) is 14.9 Å². The zero-order chi connectivity index (χ0) is 104. The van der Waals surface area contributed by atoms with Gasteiger partial charge in [0.2, 0.25) is 17.5 Å². The second-order valence-electron chi connectivity index (χ2n) is 38.0. The van der Waals surface area contributed by atoms with Gasteiger partial charge in [-0.2, -0.15) is 25.5 Å². The van der Waals surface area contributed by atoms with E-state index in [2.05, 4.69) is 337 Å². The lowest BCUT2D eigenvalue weighted by Gasteiger charge is -2.04. The molecule has 0 aliphatic rings. The van der Waals surface area contributed by atoms with Gasteiger partial charge in [0.25, 0.3) is 0 Å². The number of nitrogens with one attached hydrogen (secondary N) is 4. The molecule has 0 saturated heterocycles. The fourth-order valence-electron chi connectivity index (χ4n) is 11.6. The first-order valence-electron chi connectivity index (χ1n) is 48.2. The zero-order valence-electron chi connectivity index (χ0n) is 91.7. The Morgan fingerprint density at radius 1 is 0.428 bits per heavy atom. The van der Waals surface area contributed by atoms with Crippen LogP contribution in [0.1, 0.15) is 431 Å². The summed E-state index contributed by atoms with van der Waals surface area (Å²) in [5, 5.41) is 37.2. The topological polar surface area (TPSA) is 377 Å². The minimum Gasteiger partial charge on any atom is -0.451 e. The number of hydrogen-bond acceptors (Lipinski definition) is 22. The van der Waals surface area contributed by atoms with E-state index in [1.165, 1.54) is 58.9 Å². The zero-order valence-corrected chi connectivity index (χ0v) is 91.7. The lowest BCUT2D eigenvalue weighted by Crippen LogP contribution is -2.34. The van der Waals surface area contributed by atoms with E-state index in [9.17, 15) is 0 Å². The van der Waals surface area contributed by atoms with E-state index >= 15 is 0 Å². The molecule has 4 N–H and O–H groups in total. The van der Waals surface area contributed by atoms with E-state index in [0.29, 0.717) is 106 Å². The first-order valence-corrected chi connectivity index (χ1v) is 48.2. The van der Waals surface area contributed by atoms with Gasteiger partial charge in [0.1, 0.15) is 47.2 Å². The van der Waals surface area contributed by atoms with E-state index in [4.69, 9.17) is 31.1 Å². The van der Waals surface area contributed by atoms with Crippen LogP contribution in [0.2, 0.25) is 0 Å². The molecule has 138 heavy (non-hydrogen) atoms. The third kappa shape index (κ3) is 52.1. The highest BCUT2D eigenvalue weighted by atomic mass is 16.5. The van der Waals surface area contributed by atoms with Crippen LogP contribution < -0.4 is 4.68 Å². The van der Waals surface area contributed by atoms with Crippen molar-refractivity contribution in [2.45, 2.75) is 344 Å². The van der Waals surface area contributed by atoms with Crippen LogP contribution in [-0.4, -0.2) is 119 Å². The average Bonchev–Trinajstić information content (AvgIpc) is 1.68. The third-order valence-corrected chi connectivity index (χ3v) is 19.8. The quantitative estimate of drug-likeness (QED) is 0.0653. The van der Waals surface area contributed by atoms with Gasteiger partial charge in [0, 0.05) is 192 Å². The predicted octanol–water partition coefficient (Wildman–Crippen LogP) is 27.1. The normalized spacial score (nSPS) is 10.6. The van der Waals surface area contributed by atoms with Crippen LogP contribution in [0, 0.1) is 27.7 Å². The van der Waals surface area contributed by atoms with Gasteiger partial charge in [-0.25, -0.2) is 34.9 Å². The molecular weight excluding hydrogens is 1740 g/mol. The van der Waals surface area contributed by atoms with Crippen LogP contribution in [0.5, 0.6) is 0 Å². The van der Waals surface area contributed by atoms with Crippen molar-refractivity contribution in [1.29, 1.82) is 0 Å². The van der Waals surface area contributed by atoms with Gasteiger partial charge in [0.05, 0.1) is 59.6 Å². The van der Waals surface area contributed by atoms with Gasteiger partial charge < -0.3 is 50.2 Å². The molecule has 764 valence electrons. The number of aromatic nitrogens is 25. The Balaban J connectivity index is 0.000000736. The summed E-state index contributed by atoms with van der Waals surface area (Å²) in [7, 11) is 12.0. The molecule has 0 unspecified atom stereocenters. The van der Waals surface area contributed by atoms with Crippen LogP contribution >= 0.6 is 0 Å². The Kier molecular flexibility index (Phi) is 60.4. The maximum absolute atomic E-state index is 5.12. The highest BCUT2D eigenvalue weighted by molar-refractivity contribution is 5.13. The summed E-state index contributed by atoms with van der Waals surface area (Å²) in [5.74, 6) is 16.4. The fourth-order valence-corrected chi connectivity index (χ4v) is 11.6. The van der Waals surface area contributed by atoms with Gasteiger partial charge in [0.15, 0.2) is 32.1 Å². The summed E-state index contributed by atoms with van der Waals surface area (Å²) in [6.45, 7) is 75.4. The molecule has 0 radical (unpaired) electrons. The number of rotatable bonds is 16. The van der Waals surface area contributed by atoms with E-state index < -0.39 is 0 Å². The molecule has 32 heteroatoms. The molecule has 0 saturated carbocycles. The molecule has 32 nitrogen and oxygen atoms in total. The van der Waals surface area contributed by atoms with Crippen LogP contribution in [0.3, 0.4) is 0 Å². The van der Waals surface area contributed by atoms with Crippen molar-refractivity contribution >= 4 is 0 Å². The van der Waals surface area contributed by atoms with Crippen molar-refractivity contribution in [1.82, 2.24) is 119 Å². The second kappa shape index (κ2) is 67.6. The van der Waals surface area contributed by atoms with E-state index in [1.807, 2.05) is 175 Å². The van der Waals surface area contributed by atoms with E-state index in [1.54, 1.807) is 56.8 Å². The number of nitrogens with zero attached hydrogens (tertiary/aromatic N) is 21. The minimum absolute atomic E-state index is 0.339. The summed E-state index contributed by atoms with van der Waals surface area (Å²) in [4.78, 5) is 33.8. The summed E-state index contributed by atoms with van der Waals surface area (Å²) < 4.78 is 46.5. The van der Waals surface area contributed by atoms with Crippen molar-refractivity contribution in [2.24, 2.45) is 42.3 Å². The summed E-state index contributed by atoms with van der Waals surface area (Å²) in [6, 6.07) is 16.3. The van der Waals surface area contributed by atoms with Crippen molar-refractivity contribution < 1.29 is 35.8 Å². The van der Waals surface area contributed by atoms with Crippen LogP contribution in [-0.2, 0) is 42.3 Å². The Morgan fingerprint density at radius 3 is 1.31 bits per heavy atom. The number of aryl methyl sites for hydroxylation is 10. The average molecular weight is 1910 g/mol. The van der Waals surface area contributed by atoms with E-state index in [0.717, 1.165) is 63.4 Å². The summed E-state index contributed by atoms with van der Waals surface area (Å²) in [6.07, 6.45) is 35.3. The lowest BCUT2D eigenvalue weighted by molar-refractivity contribution is -0.734. The summed E-state index contributed by atoms with van der Waals surface area (Å²) >= 11 is 0. The molecule has 16 rings (SSSR count). The Hall–Kier alpha value is -12.6. The van der Waals surface area contributed by atoms with Gasteiger partial charge in [-0.3, -0.25) is 19.1 Å². The predicted molar refractivity (Wildman–Crippen MR) is 554 cm³/mol. The Morgan fingerprint density at radius 2 is 1.08 bits per heavy atom. The molecule has 16 heterocycles. The maximum atomic E-state index is 5.12. The number of imidazole rings is 3. The van der Waals surface area contributed by atoms with Crippen LogP contribution in [0.4, 0.5) is 0 Å². The molecule has 0 aromatic carbocycles. The largest absolute Gasteiger partial charge is 0.451 e. The van der Waals surface area contributed by atoms with Crippen LogP contribution in [0.25, 0.3) is 0 Å². The molecule has 0 aliphatic heterocycles. The Labute approximate surface area is 824 Å². The van der Waals surface area contributed by atoms with Crippen LogP contribution in [0.15, 0.2) is 204 Å². The van der Waals surface area contributed by atoms with Gasteiger partial charge >= 0.3 is 0 Å². The number of hydrogen-bond donors (Lipinski definition) is 4. The number of H-pyrrole nitrogens is 4. The monoisotopic (exact) mass is 1910 g/mol. The smallest absolute Gasteiger partial charge is 0.219 e. The maximum Gasteiger partial charge on any atom is 0.219 e. The van der Waals surface area contributed by atoms with Crippen molar-refractivity contribution in [3.8, 4) is 0 Å². The van der Waals surface area contributed by atoms with Crippen molar-refractivity contribution in [3.05, 3.63) is 288 Å². The third-order valence-electron chi connectivity index (χ3n) is 19.8. The molecule has 0 atom stereocenters. The molecule has 0 aliphatic carbocycles. The molecule has 16 aromatic rings. The first kappa shape index (κ1) is 123. The van der Waals surface area contributed by atoms with E-state index in [-0.39, 0.29) is 0 Å². The lowest BCUT2D eigenvalue weighted by atomic mass is 10.1.